The minimum atomic E-state index is 0.589. The molecule has 0 spiro atoms. The van der Waals surface area contributed by atoms with Crippen molar-refractivity contribution >= 4 is 17.6 Å². The van der Waals surface area contributed by atoms with Crippen molar-refractivity contribution in [3.05, 3.63) is 17.1 Å². The van der Waals surface area contributed by atoms with Gasteiger partial charge in [0.2, 0.25) is 0 Å². The minimum Gasteiger partial charge on any atom is -0.370 e. The van der Waals surface area contributed by atoms with Gasteiger partial charge in [-0.05, 0) is 38.5 Å². The van der Waals surface area contributed by atoms with Gasteiger partial charge in [-0.15, -0.1) is 0 Å². The third-order valence-corrected chi connectivity index (χ3v) is 5.70. The van der Waals surface area contributed by atoms with Gasteiger partial charge < -0.3 is 5.32 Å². The van der Waals surface area contributed by atoms with E-state index in [0.717, 1.165) is 35.6 Å². The van der Waals surface area contributed by atoms with Gasteiger partial charge in [-0.25, -0.2) is 9.97 Å². The van der Waals surface area contributed by atoms with Crippen molar-refractivity contribution in [2.75, 3.05) is 11.9 Å². The zero-order valence-corrected chi connectivity index (χ0v) is 13.4. The minimum absolute atomic E-state index is 0.589. The fraction of sp³-hybridized carbons (Fsp3) is 0.750. The highest BCUT2D eigenvalue weighted by atomic mass is 32.2. The van der Waals surface area contributed by atoms with Crippen LogP contribution in [0.3, 0.4) is 0 Å². The Balaban J connectivity index is 1.81. The molecule has 2 heterocycles. The van der Waals surface area contributed by atoms with Crippen LogP contribution in [0, 0.1) is 5.92 Å². The highest BCUT2D eigenvalue weighted by Crippen LogP contribution is 2.38. The summed E-state index contributed by atoms with van der Waals surface area (Å²) in [5, 5.41) is 3.44. The Labute approximate surface area is 126 Å². The summed E-state index contributed by atoms with van der Waals surface area (Å²) in [6.07, 6.45) is 6.59. The van der Waals surface area contributed by atoms with Gasteiger partial charge in [-0.1, -0.05) is 13.3 Å². The molecule has 0 aromatic carbocycles. The number of rotatable bonds is 4. The fourth-order valence-corrected chi connectivity index (χ4v) is 4.44. The van der Waals surface area contributed by atoms with Crippen LogP contribution < -0.4 is 5.32 Å². The summed E-state index contributed by atoms with van der Waals surface area (Å²) in [6.45, 7) is 5.40. The van der Waals surface area contributed by atoms with Crippen LogP contribution in [0.2, 0.25) is 0 Å². The lowest BCUT2D eigenvalue weighted by Gasteiger charge is -2.27. The van der Waals surface area contributed by atoms with Gasteiger partial charge in [0.05, 0.1) is 5.69 Å². The van der Waals surface area contributed by atoms with E-state index >= 15 is 0 Å². The Morgan fingerprint density at radius 1 is 1.10 bits per heavy atom. The van der Waals surface area contributed by atoms with Gasteiger partial charge in [-0.2, -0.15) is 11.8 Å². The molecular weight excluding hydrogens is 266 g/mol. The number of hydrogen-bond donors (Lipinski definition) is 1. The van der Waals surface area contributed by atoms with E-state index in [1.807, 2.05) is 11.8 Å². The Bertz CT molecular complexity index is 467. The molecule has 1 aliphatic heterocycles. The average Bonchev–Trinajstić information content (AvgIpc) is 2.96. The first-order valence-electron chi connectivity index (χ1n) is 8.03. The third-order valence-electron chi connectivity index (χ3n) is 4.73. The lowest BCUT2D eigenvalue weighted by molar-refractivity contribution is 0.312. The second-order valence-corrected chi connectivity index (χ2v) is 6.99. The van der Waals surface area contributed by atoms with Crippen LogP contribution in [0.5, 0.6) is 0 Å². The van der Waals surface area contributed by atoms with Gasteiger partial charge in [0.15, 0.2) is 0 Å². The summed E-state index contributed by atoms with van der Waals surface area (Å²) in [5.41, 5.74) is 2.64. The largest absolute Gasteiger partial charge is 0.370 e. The van der Waals surface area contributed by atoms with Gasteiger partial charge in [0.1, 0.15) is 11.6 Å². The van der Waals surface area contributed by atoms with Crippen LogP contribution in [-0.4, -0.2) is 16.5 Å². The standard InChI is InChI=1S/C16H25N3S/c1-3-11-5-7-12(8-6-11)15-18-14-10-20-9-13(14)16(19-15)17-4-2/h11-12H,3-10H2,1-2H3,(H,17,18,19). The molecular formula is C16H25N3S. The molecule has 2 aliphatic rings. The molecule has 20 heavy (non-hydrogen) atoms. The van der Waals surface area contributed by atoms with E-state index in [9.17, 15) is 0 Å². The lowest BCUT2D eigenvalue weighted by Crippen LogP contribution is -2.17. The van der Waals surface area contributed by atoms with Crippen LogP contribution in [0.4, 0.5) is 5.82 Å². The van der Waals surface area contributed by atoms with Crippen molar-refractivity contribution in [1.82, 2.24) is 9.97 Å². The predicted octanol–water partition coefficient (Wildman–Crippen LogP) is 4.34. The average molecular weight is 291 g/mol. The number of nitrogens with one attached hydrogen (secondary N) is 1. The number of anilines is 1. The quantitative estimate of drug-likeness (QED) is 0.895. The Morgan fingerprint density at radius 2 is 1.90 bits per heavy atom. The molecule has 0 saturated heterocycles. The molecule has 1 aliphatic carbocycles. The van der Waals surface area contributed by atoms with Crippen LogP contribution in [0.1, 0.15) is 69.0 Å². The second-order valence-electron chi connectivity index (χ2n) is 6.00. The molecule has 110 valence electrons. The van der Waals surface area contributed by atoms with Gasteiger partial charge >= 0.3 is 0 Å². The molecule has 3 nitrogen and oxygen atoms in total. The molecule has 1 saturated carbocycles. The van der Waals surface area contributed by atoms with Crippen molar-refractivity contribution in [1.29, 1.82) is 0 Å². The van der Waals surface area contributed by atoms with Crippen LogP contribution in [0.15, 0.2) is 0 Å². The first kappa shape index (κ1) is 14.2. The van der Waals surface area contributed by atoms with E-state index < -0.39 is 0 Å². The Morgan fingerprint density at radius 3 is 2.60 bits per heavy atom. The van der Waals surface area contributed by atoms with Gasteiger partial charge in [-0.3, -0.25) is 0 Å². The summed E-state index contributed by atoms with van der Waals surface area (Å²) in [6, 6.07) is 0. The van der Waals surface area contributed by atoms with E-state index in [1.165, 1.54) is 43.4 Å². The zero-order chi connectivity index (χ0) is 13.9. The van der Waals surface area contributed by atoms with Crippen molar-refractivity contribution in [3.8, 4) is 0 Å². The Hall–Kier alpha value is -0.770. The van der Waals surface area contributed by atoms with E-state index in [1.54, 1.807) is 0 Å². The van der Waals surface area contributed by atoms with Crippen LogP contribution in [0.25, 0.3) is 0 Å². The third kappa shape index (κ3) is 2.80. The SMILES string of the molecule is CCNc1nc(C2CCC(CC)CC2)nc2c1CSC2. The number of aromatic nitrogens is 2. The van der Waals surface area contributed by atoms with Crippen LogP contribution >= 0.6 is 11.8 Å². The lowest BCUT2D eigenvalue weighted by atomic mass is 9.80. The first-order valence-corrected chi connectivity index (χ1v) is 9.18. The Kier molecular flexibility index (Phi) is 4.49. The maximum Gasteiger partial charge on any atom is 0.134 e. The molecule has 1 aromatic heterocycles. The summed E-state index contributed by atoms with van der Waals surface area (Å²) in [5.74, 6) is 5.87. The van der Waals surface area contributed by atoms with E-state index in [0.29, 0.717) is 5.92 Å². The first-order chi connectivity index (χ1) is 9.81. The molecule has 1 aromatic rings. The monoisotopic (exact) mass is 291 g/mol. The number of hydrogen-bond acceptors (Lipinski definition) is 4. The summed E-state index contributed by atoms with van der Waals surface area (Å²) in [4.78, 5) is 9.77. The molecule has 4 heteroatoms. The van der Waals surface area contributed by atoms with Crippen molar-refractivity contribution in [2.24, 2.45) is 5.92 Å². The number of thioether (sulfide) groups is 1. The molecule has 0 bridgehead atoms. The van der Waals surface area contributed by atoms with Gasteiger partial charge in [0.25, 0.3) is 0 Å². The highest BCUT2D eigenvalue weighted by Gasteiger charge is 2.26. The predicted molar refractivity (Wildman–Crippen MR) is 86.2 cm³/mol. The van der Waals surface area contributed by atoms with E-state index in [4.69, 9.17) is 9.97 Å². The van der Waals surface area contributed by atoms with E-state index in [2.05, 4.69) is 19.2 Å². The van der Waals surface area contributed by atoms with Crippen molar-refractivity contribution < 1.29 is 0 Å². The number of nitrogens with zero attached hydrogens (tertiary/aromatic N) is 2. The van der Waals surface area contributed by atoms with E-state index in [-0.39, 0.29) is 0 Å². The highest BCUT2D eigenvalue weighted by molar-refractivity contribution is 7.98. The molecule has 0 unspecified atom stereocenters. The fourth-order valence-electron chi connectivity index (χ4n) is 3.40. The zero-order valence-electron chi connectivity index (χ0n) is 12.6. The summed E-state index contributed by atoms with van der Waals surface area (Å²) >= 11 is 1.96. The maximum absolute atomic E-state index is 4.90. The second kappa shape index (κ2) is 6.33. The number of fused-ring (bicyclic) bond motifs is 1. The molecule has 0 atom stereocenters. The molecule has 1 N–H and O–H groups in total. The topological polar surface area (TPSA) is 37.8 Å². The molecule has 0 radical (unpaired) electrons. The molecule has 1 fully saturated rings. The smallest absolute Gasteiger partial charge is 0.134 e. The normalized spacial score (nSPS) is 25.5. The maximum atomic E-state index is 4.90. The summed E-state index contributed by atoms with van der Waals surface area (Å²) < 4.78 is 0. The molecule has 0 amide bonds. The van der Waals surface area contributed by atoms with Crippen molar-refractivity contribution in [3.63, 3.8) is 0 Å². The van der Waals surface area contributed by atoms with Crippen molar-refractivity contribution in [2.45, 2.75) is 63.4 Å². The van der Waals surface area contributed by atoms with Crippen LogP contribution in [-0.2, 0) is 11.5 Å². The van der Waals surface area contributed by atoms with Gasteiger partial charge in [0, 0.05) is 29.5 Å². The molecule has 3 rings (SSSR count). The summed E-state index contributed by atoms with van der Waals surface area (Å²) in [7, 11) is 0.